The number of amides is 2. The van der Waals surface area contributed by atoms with Crippen molar-refractivity contribution in [1.82, 2.24) is 10.2 Å². The highest BCUT2D eigenvalue weighted by Crippen LogP contribution is 2.51. The summed E-state index contributed by atoms with van der Waals surface area (Å²) in [4.78, 5) is 48.0. The van der Waals surface area contributed by atoms with Crippen molar-refractivity contribution in [2.24, 2.45) is 0 Å². The zero-order chi connectivity index (χ0) is 20.4. The molecule has 0 spiro atoms. The van der Waals surface area contributed by atoms with E-state index in [1.165, 1.54) is 59.7 Å². The highest BCUT2D eigenvalue weighted by Gasteiger charge is 2.49. The number of carbonyl (C=O) groups is 3. The summed E-state index contributed by atoms with van der Waals surface area (Å²) >= 11 is 2.59. The Balaban J connectivity index is 1.72. The number of hydrogen-bond donors (Lipinski definition) is 1. The molecule has 1 aromatic rings. The SMILES string of the molecule is CNC(=O)C(C)SC1=C(C(=O)OCc2ccc([N+](=O)[O-])cc2)N2C(=O)C[C@@H]2S1. The molecule has 2 aliphatic heterocycles. The van der Waals surface area contributed by atoms with Gasteiger partial charge in [0, 0.05) is 19.2 Å². The van der Waals surface area contributed by atoms with Crippen molar-refractivity contribution < 1.29 is 24.0 Å². The van der Waals surface area contributed by atoms with E-state index < -0.39 is 16.1 Å². The van der Waals surface area contributed by atoms with Crippen LogP contribution in [0.5, 0.6) is 0 Å². The molecular weight excluding hydrogens is 406 g/mol. The summed E-state index contributed by atoms with van der Waals surface area (Å²) < 4.78 is 5.91. The summed E-state index contributed by atoms with van der Waals surface area (Å²) in [6, 6.07) is 5.67. The third-order valence-electron chi connectivity index (χ3n) is 4.19. The van der Waals surface area contributed by atoms with Gasteiger partial charge in [-0.3, -0.25) is 24.6 Å². The fraction of sp³-hybridized carbons (Fsp3) is 0.353. The van der Waals surface area contributed by atoms with Crippen LogP contribution in [0.2, 0.25) is 0 Å². The number of ether oxygens (including phenoxy) is 1. The van der Waals surface area contributed by atoms with Crippen molar-refractivity contribution in [3.63, 3.8) is 0 Å². The molecule has 1 saturated heterocycles. The van der Waals surface area contributed by atoms with Gasteiger partial charge in [-0.1, -0.05) is 11.8 Å². The van der Waals surface area contributed by atoms with Crippen LogP contribution in [0.1, 0.15) is 18.9 Å². The molecule has 28 heavy (non-hydrogen) atoms. The third kappa shape index (κ3) is 3.99. The van der Waals surface area contributed by atoms with Gasteiger partial charge in [0.25, 0.3) is 5.69 Å². The number of carbonyl (C=O) groups excluding carboxylic acids is 3. The van der Waals surface area contributed by atoms with Crippen LogP contribution >= 0.6 is 23.5 Å². The Labute approximate surface area is 169 Å². The average molecular weight is 423 g/mol. The number of hydrogen-bond acceptors (Lipinski definition) is 8. The number of non-ortho nitro benzene ring substituents is 1. The maximum atomic E-state index is 12.7. The predicted octanol–water partition coefficient (Wildman–Crippen LogP) is 1.98. The van der Waals surface area contributed by atoms with Crippen molar-refractivity contribution in [1.29, 1.82) is 0 Å². The first kappa shape index (κ1) is 20.2. The quantitative estimate of drug-likeness (QED) is 0.306. The van der Waals surface area contributed by atoms with Crippen molar-refractivity contribution in [2.45, 2.75) is 30.6 Å². The fourth-order valence-corrected chi connectivity index (χ4v) is 5.56. The van der Waals surface area contributed by atoms with Crippen molar-refractivity contribution in [3.05, 3.63) is 49.9 Å². The molecule has 0 saturated carbocycles. The molecule has 1 N–H and O–H groups in total. The number of esters is 1. The van der Waals surface area contributed by atoms with E-state index in [1.54, 1.807) is 6.92 Å². The van der Waals surface area contributed by atoms with Crippen LogP contribution in [0.15, 0.2) is 34.2 Å². The lowest BCUT2D eigenvalue weighted by Crippen LogP contribution is -2.48. The van der Waals surface area contributed by atoms with Crippen molar-refractivity contribution in [3.8, 4) is 0 Å². The minimum absolute atomic E-state index is 0.0547. The largest absolute Gasteiger partial charge is 0.456 e. The van der Waals surface area contributed by atoms with Gasteiger partial charge in [0.1, 0.15) is 6.61 Å². The lowest BCUT2D eigenvalue weighted by atomic mass is 10.2. The molecule has 2 atom stereocenters. The molecule has 9 nitrogen and oxygen atoms in total. The van der Waals surface area contributed by atoms with Crippen LogP contribution in [-0.4, -0.2) is 45.3 Å². The second kappa shape index (κ2) is 8.23. The summed E-state index contributed by atoms with van der Waals surface area (Å²) in [5.74, 6) is -1.01. The van der Waals surface area contributed by atoms with Gasteiger partial charge in [-0.2, -0.15) is 0 Å². The number of rotatable bonds is 7. The first-order chi connectivity index (χ1) is 13.3. The summed E-state index contributed by atoms with van der Waals surface area (Å²) in [5, 5.41) is 12.7. The molecule has 0 radical (unpaired) electrons. The molecule has 1 fully saturated rings. The molecule has 0 aromatic heterocycles. The maximum absolute atomic E-state index is 12.7. The Bertz CT molecular complexity index is 870. The third-order valence-corrected chi connectivity index (χ3v) is 6.80. The van der Waals surface area contributed by atoms with Gasteiger partial charge in [-0.05, 0) is 24.6 Å². The van der Waals surface area contributed by atoms with Crippen molar-refractivity contribution >= 4 is 47.0 Å². The second-order valence-corrected chi connectivity index (χ2v) is 8.85. The molecule has 11 heteroatoms. The van der Waals surface area contributed by atoms with Gasteiger partial charge in [0.05, 0.1) is 26.2 Å². The number of nitro benzene ring substituents is 1. The van der Waals surface area contributed by atoms with Crippen LogP contribution in [0.4, 0.5) is 5.69 Å². The Morgan fingerprint density at radius 1 is 1.43 bits per heavy atom. The monoisotopic (exact) mass is 423 g/mol. The highest BCUT2D eigenvalue weighted by atomic mass is 32.2. The zero-order valence-corrected chi connectivity index (χ0v) is 16.7. The number of fused-ring (bicyclic) bond motifs is 1. The van der Waals surface area contributed by atoms with E-state index in [9.17, 15) is 24.5 Å². The average Bonchev–Trinajstić information content (AvgIpc) is 2.97. The van der Waals surface area contributed by atoms with Crippen LogP contribution in [0.3, 0.4) is 0 Å². The molecule has 1 aromatic carbocycles. The van der Waals surface area contributed by atoms with Gasteiger partial charge in [-0.15, -0.1) is 11.8 Å². The minimum atomic E-state index is -0.659. The molecule has 0 bridgehead atoms. The Hall–Kier alpha value is -2.53. The number of nitrogens with zero attached hydrogens (tertiary/aromatic N) is 2. The molecule has 2 amide bonds. The van der Waals surface area contributed by atoms with Gasteiger partial charge in [0.2, 0.25) is 11.8 Å². The lowest BCUT2D eigenvalue weighted by Gasteiger charge is -2.34. The number of nitrogens with one attached hydrogen (secondary N) is 1. The molecular formula is C17H17N3O6S2. The first-order valence-electron chi connectivity index (χ1n) is 8.33. The van der Waals surface area contributed by atoms with Gasteiger partial charge >= 0.3 is 5.97 Å². The topological polar surface area (TPSA) is 119 Å². The molecule has 0 aliphatic carbocycles. The molecule has 3 rings (SSSR count). The van der Waals surface area contributed by atoms with Crippen LogP contribution < -0.4 is 5.32 Å². The number of thioether (sulfide) groups is 2. The van der Waals surface area contributed by atoms with E-state index in [-0.39, 0.29) is 35.2 Å². The minimum Gasteiger partial charge on any atom is -0.456 e. The lowest BCUT2D eigenvalue weighted by molar-refractivity contribution is -0.384. The molecule has 148 valence electrons. The van der Waals surface area contributed by atoms with Gasteiger partial charge in [0.15, 0.2) is 5.70 Å². The zero-order valence-electron chi connectivity index (χ0n) is 15.0. The number of β-lactam (4-membered cyclic amide) rings is 1. The smallest absolute Gasteiger partial charge is 0.357 e. The van der Waals surface area contributed by atoms with Crippen LogP contribution in [-0.2, 0) is 25.7 Å². The molecule has 2 heterocycles. The Kier molecular flexibility index (Phi) is 5.94. The van der Waals surface area contributed by atoms with E-state index in [4.69, 9.17) is 4.74 Å². The van der Waals surface area contributed by atoms with E-state index >= 15 is 0 Å². The standard InChI is InChI=1S/C17H17N3O6S2/c1-9(15(22)18-2)27-17-14(19-12(21)7-13(19)28-17)16(23)26-8-10-3-5-11(6-4-10)20(24)25/h3-6,9,13H,7-8H2,1-2H3,(H,18,22)/t9?,13-/m0/s1. The summed E-state index contributed by atoms with van der Waals surface area (Å²) in [6.45, 7) is 1.63. The summed E-state index contributed by atoms with van der Waals surface area (Å²) in [6.07, 6.45) is 0.336. The highest BCUT2D eigenvalue weighted by molar-refractivity contribution is 8.23. The van der Waals surface area contributed by atoms with E-state index in [2.05, 4.69) is 5.32 Å². The number of benzene rings is 1. The Morgan fingerprint density at radius 2 is 2.11 bits per heavy atom. The van der Waals surface area contributed by atoms with Crippen LogP contribution in [0.25, 0.3) is 0 Å². The first-order valence-corrected chi connectivity index (χ1v) is 10.1. The van der Waals surface area contributed by atoms with Crippen LogP contribution in [0, 0.1) is 10.1 Å². The van der Waals surface area contributed by atoms with E-state index in [0.29, 0.717) is 16.2 Å². The second-order valence-electron chi connectivity index (χ2n) is 6.05. The van der Waals surface area contributed by atoms with E-state index in [0.717, 1.165) is 0 Å². The predicted molar refractivity (Wildman–Crippen MR) is 104 cm³/mol. The molecule has 1 unspecified atom stereocenters. The number of nitro groups is 1. The molecule has 2 aliphatic rings. The summed E-state index contributed by atoms with van der Waals surface area (Å²) in [7, 11) is 1.53. The normalized spacial score (nSPS) is 19.0. The van der Waals surface area contributed by atoms with Gasteiger partial charge in [-0.25, -0.2) is 4.79 Å². The van der Waals surface area contributed by atoms with Crippen molar-refractivity contribution in [2.75, 3.05) is 7.05 Å². The summed E-state index contributed by atoms with van der Waals surface area (Å²) in [5.41, 5.74) is 0.694. The maximum Gasteiger partial charge on any atom is 0.357 e. The Morgan fingerprint density at radius 3 is 2.68 bits per heavy atom. The van der Waals surface area contributed by atoms with E-state index in [1.807, 2.05) is 0 Å². The fourth-order valence-electron chi connectivity index (χ4n) is 2.64. The van der Waals surface area contributed by atoms with Gasteiger partial charge < -0.3 is 10.1 Å².